The van der Waals surface area contributed by atoms with Gasteiger partial charge in [-0.1, -0.05) is 31.0 Å². The summed E-state index contributed by atoms with van der Waals surface area (Å²) in [5.41, 5.74) is 1.91. The molecule has 1 rings (SSSR count). The molecule has 0 N–H and O–H groups in total. The van der Waals surface area contributed by atoms with Crippen molar-refractivity contribution in [3.8, 4) is 0 Å². The summed E-state index contributed by atoms with van der Waals surface area (Å²) in [4.78, 5) is 10.6. The van der Waals surface area contributed by atoms with Crippen LogP contribution in [0.5, 0.6) is 0 Å². The molecule has 66 valence electrons. The Labute approximate surface area is 78.1 Å². The van der Waals surface area contributed by atoms with Gasteiger partial charge in [-0.15, -0.1) is 0 Å². The predicted octanol–water partition coefficient (Wildman–Crippen LogP) is 3.20. The number of carbonyl (C=O) groups is 1. The molecule has 12 heavy (non-hydrogen) atoms. The van der Waals surface area contributed by atoms with E-state index in [0.29, 0.717) is 5.03 Å². The molecule has 0 fully saturated rings. The van der Waals surface area contributed by atoms with E-state index in [1.807, 2.05) is 0 Å². The van der Waals surface area contributed by atoms with Gasteiger partial charge in [-0.05, 0) is 24.8 Å². The van der Waals surface area contributed by atoms with E-state index < -0.39 is 0 Å². The van der Waals surface area contributed by atoms with Crippen LogP contribution in [0.25, 0.3) is 0 Å². The zero-order valence-electron chi connectivity index (χ0n) is 7.27. The fourth-order valence-electron chi connectivity index (χ4n) is 1.40. The number of aldehydes is 1. The first-order chi connectivity index (χ1) is 5.79. The van der Waals surface area contributed by atoms with Gasteiger partial charge in [-0.2, -0.15) is 0 Å². The Bertz CT molecular complexity index is 238. The summed E-state index contributed by atoms with van der Waals surface area (Å²) in [5.74, 6) is 0. The van der Waals surface area contributed by atoms with Crippen molar-refractivity contribution in [1.82, 2.24) is 0 Å². The molecule has 0 bridgehead atoms. The molecule has 1 nitrogen and oxygen atoms in total. The van der Waals surface area contributed by atoms with E-state index in [4.69, 9.17) is 11.6 Å². The number of hydrogen-bond donors (Lipinski definition) is 0. The van der Waals surface area contributed by atoms with Crippen molar-refractivity contribution in [2.45, 2.75) is 32.6 Å². The lowest BCUT2D eigenvalue weighted by Crippen LogP contribution is -1.98. The van der Waals surface area contributed by atoms with E-state index in [1.165, 1.54) is 0 Å². The third kappa shape index (κ3) is 1.98. The maximum absolute atomic E-state index is 10.6. The highest BCUT2D eigenvalue weighted by Gasteiger charge is 2.12. The molecule has 2 heteroatoms. The van der Waals surface area contributed by atoms with Crippen LogP contribution >= 0.6 is 11.6 Å². The van der Waals surface area contributed by atoms with Crippen LogP contribution in [0.1, 0.15) is 32.6 Å². The van der Waals surface area contributed by atoms with Crippen molar-refractivity contribution in [3.05, 3.63) is 22.3 Å². The average molecular weight is 185 g/mol. The largest absolute Gasteiger partial charge is 0.298 e. The molecule has 0 radical (unpaired) electrons. The molecule has 0 saturated heterocycles. The van der Waals surface area contributed by atoms with Gasteiger partial charge in [0.15, 0.2) is 0 Å². The molecule has 1 aliphatic rings. The molecule has 0 aromatic heterocycles. The molecule has 0 amide bonds. The number of halogens is 1. The third-order valence-corrected chi connectivity index (χ3v) is 2.52. The summed E-state index contributed by atoms with van der Waals surface area (Å²) in [7, 11) is 0. The highest BCUT2D eigenvalue weighted by molar-refractivity contribution is 6.33. The standard InChI is InChI=1S/C10H13ClO/c1-2-4-8-5-3-6-9(7-12)10(8)11/h5,7H,2-4,6H2,1H3. The van der Waals surface area contributed by atoms with Crippen LogP contribution in [0, 0.1) is 0 Å². The third-order valence-electron chi connectivity index (χ3n) is 2.03. The normalized spacial score (nSPS) is 17.7. The fraction of sp³-hybridized carbons (Fsp3) is 0.500. The SMILES string of the molecule is CCCC1=CCCC(C=O)=C1Cl. The van der Waals surface area contributed by atoms with E-state index in [1.54, 1.807) is 0 Å². The zero-order chi connectivity index (χ0) is 8.97. The number of allylic oxidation sites excluding steroid dienone is 4. The van der Waals surface area contributed by atoms with Crippen molar-refractivity contribution in [3.63, 3.8) is 0 Å². The summed E-state index contributed by atoms with van der Waals surface area (Å²) in [6.07, 6.45) is 6.84. The lowest BCUT2D eigenvalue weighted by Gasteiger charge is -2.13. The molecule has 0 aromatic rings. The minimum Gasteiger partial charge on any atom is -0.298 e. The maximum atomic E-state index is 10.6. The highest BCUT2D eigenvalue weighted by Crippen LogP contribution is 2.29. The predicted molar refractivity (Wildman–Crippen MR) is 51.2 cm³/mol. The second kappa shape index (κ2) is 4.46. The van der Waals surface area contributed by atoms with Gasteiger partial charge in [-0.25, -0.2) is 0 Å². The average Bonchev–Trinajstić information content (AvgIpc) is 2.09. The van der Waals surface area contributed by atoms with Crippen LogP contribution in [0.3, 0.4) is 0 Å². The van der Waals surface area contributed by atoms with Gasteiger partial charge in [0.1, 0.15) is 6.29 Å². The number of carbonyl (C=O) groups excluding carboxylic acids is 1. The van der Waals surface area contributed by atoms with Gasteiger partial charge in [0.05, 0.1) is 0 Å². The van der Waals surface area contributed by atoms with Crippen molar-refractivity contribution in [2.75, 3.05) is 0 Å². The minimum atomic E-state index is 0.693. The Morgan fingerprint density at radius 3 is 3.00 bits per heavy atom. The summed E-state index contributed by atoms with van der Waals surface area (Å²) < 4.78 is 0. The van der Waals surface area contributed by atoms with Crippen molar-refractivity contribution in [1.29, 1.82) is 0 Å². The van der Waals surface area contributed by atoms with Crippen molar-refractivity contribution >= 4 is 17.9 Å². The molecule has 0 aromatic carbocycles. The highest BCUT2D eigenvalue weighted by atomic mass is 35.5. The molecule has 0 atom stereocenters. The van der Waals surface area contributed by atoms with E-state index in [-0.39, 0.29) is 0 Å². The zero-order valence-corrected chi connectivity index (χ0v) is 8.03. The molecule has 0 spiro atoms. The summed E-state index contributed by atoms with van der Waals surface area (Å²) in [6, 6.07) is 0. The summed E-state index contributed by atoms with van der Waals surface area (Å²) in [5, 5.41) is 0.693. The van der Waals surface area contributed by atoms with E-state index in [0.717, 1.165) is 43.1 Å². The molecular formula is C10H13ClO. The van der Waals surface area contributed by atoms with Crippen LogP contribution in [-0.2, 0) is 4.79 Å². The second-order valence-corrected chi connectivity index (χ2v) is 3.35. The first-order valence-corrected chi connectivity index (χ1v) is 4.70. The maximum Gasteiger partial charge on any atom is 0.147 e. The van der Waals surface area contributed by atoms with Crippen LogP contribution in [0.2, 0.25) is 0 Å². The van der Waals surface area contributed by atoms with Gasteiger partial charge in [-0.3, -0.25) is 4.79 Å². The van der Waals surface area contributed by atoms with Crippen LogP contribution in [0.15, 0.2) is 22.3 Å². The molecule has 0 aliphatic heterocycles. The van der Waals surface area contributed by atoms with E-state index >= 15 is 0 Å². The van der Waals surface area contributed by atoms with Crippen LogP contribution in [-0.4, -0.2) is 6.29 Å². The first kappa shape index (κ1) is 9.53. The Morgan fingerprint density at radius 1 is 1.67 bits per heavy atom. The Balaban J connectivity index is 2.81. The van der Waals surface area contributed by atoms with Gasteiger partial charge in [0.25, 0.3) is 0 Å². The number of hydrogen-bond acceptors (Lipinski definition) is 1. The first-order valence-electron chi connectivity index (χ1n) is 4.32. The van der Waals surface area contributed by atoms with Gasteiger partial charge in [0.2, 0.25) is 0 Å². The Hall–Kier alpha value is -0.560. The number of rotatable bonds is 3. The summed E-state index contributed by atoms with van der Waals surface area (Å²) >= 11 is 6.01. The van der Waals surface area contributed by atoms with Crippen LogP contribution in [0.4, 0.5) is 0 Å². The smallest absolute Gasteiger partial charge is 0.147 e. The lowest BCUT2D eigenvalue weighted by atomic mass is 9.97. The summed E-state index contributed by atoms with van der Waals surface area (Å²) in [6.45, 7) is 2.11. The topological polar surface area (TPSA) is 17.1 Å². The van der Waals surface area contributed by atoms with Crippen molar-refractivity contribution < 1.29 is 4.79 Å². The Morgan fingerprint density at radius 2 is 2.42 bits per heavy atom. The van der Waals surface area contributed by atoms with E-state index in [2.05, 4.69) is 13.0 Å². The van der Waals surface area contributed by atoms with E-state index in [9.17, 15) is 4.79 Å². The molecule has 0 heterocycles. The Kier molecular flexibility index (Phi) is 3.54. The van der Waals surface area contributed by atoms with Gasteiger partial charge >= 0.3 is 0 Å². The molecule has 0 saturated carbocycles. The molecule has 1 aliphatic carbocycles. The van der Waals surface area contributed by atoms with Crippen molar-refractivity contribution in [2.24, 2.45) is 0 Å². The molecule has 0 unspecified atom stereocenters. The van der Waals surface area contributed by atoms with Crippen LogP contribution < -0.4 is 0 Å². The fourth-order valence-corrected chi connectivity index (χ4v) is 1.71. The lowest BCUT2D eigenvalue weighted by molar-refractivity contribution is -0.105. The minimum absolute atomic E-state index is 0.693. The van der Waals surface area contributed by atoms with Gasteiger partial charge in [0, 0.05) is 10.6 Å². The van der Waals surface area contributed by atoms with Gasteiger partial charge < -0.3 is 0 Å². The quantitative estimate of drug-likeness (QED) is 0.616. The molecular weight excluding hydrogens is 172 g/mol. The second-order valence-electron chi connectivity index (χ2n) is 2.98. The monoisotopic (exact) mass is 184 g/mol.